The molecule has 2 fully saturated rings. The number of carboxylic acid groups (broad SMARTS) is 1. The van der Waals surface area contributed by atoms with E-state index >= 15 is 0 Å². The Kier molecular flexibility index (Phi) is 4.91. The highest BCUT2D eigenvalue weighted by Gasteiger charge is 2.44. The van der Waals surface area contributed by atoms with Crippen LogP contribution in [0.25, 0.3) is 0 Å². The van der Waals surface area contributed by atoms with E-state index in [9.17, 15) is 14.7 Å². The Balaban J connectivity index is 2.04. The fourth-order valence-corrected chi connectivity index (χ4v) is 3.70. The number of hydrogen-bond donors (Lipinski definition) is 2. The van der Waals surface area contributed by atoms with Crippen molar-refractivity contribution in [2.24, 2.45) is 10.8 Å². The maximum Gasteiger partial charge on any atom is 0.309 e. The zero-order valence-electron chi connectivity index (χ0n) is 13.3. The number of piperidine rings is 2. The number of amides is 1. The molecule has 1 atom stereocenters. The minimum atomic E-state index is -0.739. The fourth-order valence-electron chi connectivity index (χ4n) is 3.70. The third-order valence-corrected chi connectivity index (χ3v) is 5.33. The third kappa shape index (κ3) is 3.23. The maximum absolute atomic E-state index is 13.0. The van der Waals surface area contributed by atoms with Crippen molar-refractivity contribution in [2.45, 2.75) is 52.4 Å². The molecule has 2 aliphatic rings. The first kappa shape index (κ1) is 16.3. The average Bonchev–Trinajstić information content (AvgIpc) is 2.48. The number of carbonyl (C=O) groups excluding carboxylic acids is 1. The van der Waals surface area contributed by atoms with Crippen LogP contribution in [0.2, 0.25) is 0 Å². The Hall–Kier alpha value is -1.10. The summed E-state index contributed by atoms with van der Waals surface area (Å²) in [7, 11) is 0. The van der Waals surface area contributed by atoms with E-state index in [0.29, 0.717) is 25.9 Å². The number of hydrogen-bond acceptors (Lipinski definition) is 3. The Bertz CT molecular complexity index is 389. The van der Waals surface area contributed by atoms with Gasteiger partial charge in [-0.2, -0.15) is 0 Å². The first-order chi connectivity index (χ1) is 9.93. The van der Waals surface area contributed by atoms with Crippen molar-refractivity contribution in [1.29, 1.82) is 0 Å². The van der Waals surface area contributed by atoms with Gasteiger partial charge in [-0.05, 0) is 45.6 Å². The third-order valence-electron chi connectivity index (χ3n) is 5.33. The maximum atomic E-state index is 13.0. The van der Waals surface area contributed by atoms with Crippen molar-refractivity contribution in [2.75, 3.05) is 26.2 Å². The van der Waals surface area contributed by atoms with Crippen molar-refractivity contribution in [3.63, 3.8) is 0 Å². The van der Waals surface area contributed by atoms with E-state index in [2.05, 4.69) is 12.2 Å². The lowest BCUT2D eigenvalue weighted by atomic mass is 9.74. The first-order valence-electron chi connectivity index (χ1n) is 8.17. The van der Waals surface area contributed by atoms with E-state index in [4.69, 9.17) is 0 Å². The van der Waals surface area contributed by atoms with Gasteiger partial charge in [-0.3, -0.25) is 9.59 Å². The Morgan fingerprint density at radius 3 is 2.38 bits per heavy atom. The molecule has 0 radical (unpaired) electrons. The van der Waals surface area contributed by atoms with Gasteiger partial charge in [0.25, 0.3) is 0 Å². The zero-order valence-corrected chi connectivity index (χ0v) is 13.3. The molecule has 0 aromatic carbocycles. The Morgan fingerprint density at radius 1 is 1.24 bits per heavy atom. The van der Waals surface area contributed by atoms with Gasteiger partial charge in [0, 0.05) is 19.6 Å². The van der Waals surface area contributed by atoms with Crippen LogP contribution in [0.5, 0.6) is 0 Å². The van der Waals surface area contributed by atoms with Gasteiger partial charge in [0.15, 0.2) is 0 Å². The number of nitrogens with one attached hydrogen (secondary N) is 1. The van der Waals surface area contributed by atoms with Gasteiger partial charge >= 0.3 is 5.97 Å². The largest absolute Gasteiger partial charge is 0.481 e. The summed E-state index contributed by atoms with van der Waals surface area (Å²) in [5, 5.41) is 12.7. The molecule has 2 rings (SSSR count). The quantitative estimate of drug-likeness (QED) is 0.831. The van der Waals surface area contributed by atoms with Crippen LogP contribution in [0.3, 0.4) is 0 Å². The second-order valence-electron chi connectivity index (χ2n) is 6.97. The summed E-state index contributed by atoms with van der Waals surface area (Å²) in [6, 6.07) is 0. The van der Waals surface area contributed by atoms with E-state index in [1.807, 2.05) is 4.90 Å². The van der Waals surface area contributed by atoms with Gasteiger partial charge in [0.05, 0.1) is 10.8 Å². The van der Waals surface area contributed by atoms with Crippen LogP contribution in [0.4, 0.5) is 0 Å². The minimum absolute atomic E-state index is 0.240. The smallest absolute Gasteiger partial charge is 0.309 e. The summed E-state index contributed by atoms with van der Waals surface area (Å²) in [5.41, 5.74) is -0.927. The van der Waals surface area contributed by atoms with E-state index in [-0.39, 0.29) is 11.3 Å². The summed E-state index contributed by atoms with van der Waals surface area (Å²) in [4.78, 5) is 26.2. The number of carboxylic acids is 1. The van der Waals surface area contributed by atoms with E-state index in [1.54, 1.807) is 6.92 Å². The molecule has 2 saturated heterocycles. The van der Waals surface area contributed by atoms with Crippen molar-refractivity contribution in [1.82, 2.24) is 10.2 Å². The van der Waals surface area contributed by atoms with Crippen LogP contribution < -0.4 is 5.32 Å². The predicted molar refractivity (Wildman–Crippen MR) is 81.0 cm³/mol. The summed E-state index contributed by atoms with van der Waals surface area (Å²) >= 11 is 0. The molecule has 1 amide bonds. The number of nitrogens with zero attached hydrogens (tertiary/aromatic N) is 1. The molecule has 0 aromatic heterocycles. The molecular weight excluding hydrogens is 268 g/mol. The van der Waals surface area contributed by atoms with Crippen LogP contribution in [-0.4, -0.2) is 48.1 Å². The van der Waals surface area contributed by atoms with Gasteiger partial charge in [-0.1, -0.05) is 13.3 Å². The van der Waals surface area contributed by atoms with E-state index < -0.39 is 11.4 Å². The highest BCUT2D eigenvalue weighted by Crippen LogP contribution is 2.37. The molecule has 0 aromatic rings. The van der Waals surface area contributed by atoms with Crippen molar-refractivity contribution >= 4 is 11.9 Å². The standard InChI is InChI=1S/C16H28N2O3/c1-3-5-16(6-4-9-17-12-16)13(19)18-10-7-15(2,8-11-18)14(20)21/h17H,3-12H2,1-2H3,(H,20,21). The SMILES string of the molecule is CCCC1(C(=O)N2CCC(C)(C(=O)O)CC2)CCCNC1. The van der Waals surface area contributed by atoms with Crippen molar-refractivity contribution in [3.8, 4) is 0 Å². The molecular formula is C16H28N2O3. The van der Waals surface area contributed by atoms with Gasteiger partial charge < -0.3 is 15.3 Å². The molecule has 0 saturated carbocycles. The van der Waals surface area contributed by atoms with E-state index in [0.717, 1.165) is 38.8 Å². The second-order valence-corrected chi connectivity index (χ2v) is 6.97. The number of rotatable bonds is 4. The highest BCUT2D eigenvalue weighted by atomic mass is 16.4. The first-order valence-corrected chi connectivity index (χ1v) is 8.17. The molecule has 0 aliphatic carbocycles. The van der Waals surface area contributed by atoms with Crippen LogP contribution in [0, 0.1) is 10.8 Å². The zero-order chi connectivity index (χ0) is 15.5. The molecule has 2 N–H and O–H groups in total. The number of aliphatic carboxylic acids is 1. The van der Waals surface area contributed by atoms with E-state index in [1.165, 1.54) is 0 Å². The molecule has 120 valence electrons. The monoisotopic (exact) mass is 296 g/mol. The lowest BCUT2D eigenvalue weighted by Crippen LogP contribution is -2.55. The molecule has 5 nitrogen and oxygen atoms in total. The summed E-state index contributed by atoms with van der Waals surface area (Å²) in [6.45, 7) is 6.84. The fraction of sp³-hybridized carbons (Fsp3) is 0.875. The van der Waals surface area contributed by atoms with Crippen LogP contribution in [-0.2, 0) is 9.59 Å². The van der Waals surface area contributed by atoms with Gasteiger partial charge in [-0.15, -0.1) is 0 Å². The molecule has 0 bridgehead atoms. The summed E-state index contributed by atoms with van der Waals surface area (Å²) < 4.78 is 0. The predicted octanol–water partition coefficient (Wildman–Crippen LogP) is 1.87. The lowest BCUT2D eigenvalue weighted by molar-refractivity contribution is -0.156. The summed E-state index contributed by atoms with van der Waals surface area (Å²) in [5.74, 6) is -0.499. The molecule has 2 aliphatic heterocycles. The van der Waals surface area contributed by atoms with Crippen LogP contribution >= 0.6 is 0 Å². The summed E-state index contributed by atoms with van der Waals surface area (Å²) in [6.07, 6.45) is 5.05. The van der Waals surface area contributed by atoms with Gasteiger partial charge in [0.1, 0.15) is 0 Å². The van der Waals surface area contributed by atoms with Crippen LogP contribution in [0.1, 0.15) is 52.4 Å². The van der Waals surface area contributed by atoms with Crippen molar-refractivity contribution < 1.29 is 14.7 Å². The molecule has 21 heavy (non-hydrogen) atoms. The Morgan fingerprint density at radius 2 is 1.90 bits per heavy atom. The molecule has 5 heteroatoms. The minimum Gasteiger partial charge on any atom is -0.481 e. The van der Waals surface area contributed by atoms with Gasteiger partial charge in [0.2, 0.25) is 5.91 Å². The average molecular weight is 296 g/mol. The van der Waals surface area contributed by atoms with Crippen molar-refractivity contribution in [3.05, 3.63) is 0 Å². The normalized spacial score (nSPS) is 29.1. The molecule has 2 heterocycles. The number of carbonyl (C=O) groups is 2. The molecule has 0 spiro atoms. The Labute approximate surface area is 127 Å². The van der Waals surface area contributed by atoms with Gasteiger partial charge in [-0.25, -0.2) is 0 Å². The topological polar surface area (TPSA) is 69.6 Å². The number of likely N-dealkylation sites (tertiary alicyclic amines) is 1. The highest BCUT2D eigenvalue weighted by molar-refractivity contribution is 5.84. The van der Waals surface area contributed by atoms with Crippen LogP contribution in [0.15, 0.2) is 0 Å². The second kappa shape index (κ2) is 6.34. The lowest BCUT2D eigenvalue weighted by Gasteiger charge is -2.43. The molecule has 1 unspecified atom stereocenters.